The van der Waals surface area contributed by atoms with Crippen LogP contribution in [0.4, 0.5) is 0 Å². The van der Waals surface area contributed by atoms with Gasteiger partial charge in [-0.05, 0) is 98.5 Å². The molecule has 3 nitrogen and oxygen atoms in total. The molecule has 4 fully saturated rings. The van der Waals surface area contributed by atoms with Gasteiger partial charge in [-0.1, -0.05) is 76.5 Å². The molecular formula is C34H52O3. The van der Waals surface area contributed by atoms with Gasteiger partial charge in [0.15, 0.2) is 0 Å². The highest BCUT2D eigenvalue weighted by Gasteiger charge is 2.51. The van der Waals surface area contributed by atoms with Gasteiger partial charge in [0.25, 0.3) is 0 Å². The maximum Gasteiger partial charge on any atom is 0.139 e. The second kappa shape index (κ2) is 12.2. The first kappa shape index (κ1) is 28.6. The van der Waals surface area contributed by atoms with Crippen molar-refractivity contribution in [1.82, 2.24) is 0 Å². The average Bonchev–Trinajstić information content (AvgIpc) is 3.56. The van der Waals surface area contributed by atoms with Gasteiger partial charge in [0, 0.05) is 18.3 Å². The molecular weight excluding hydrogens is 456 g/mol. The maximum absolute atomic E-state index is 12.9. The summed E-state index contributed by atoms with van der Waals surface area (Å²) in [6.45, 7) is 11.2. The van der Waals surface area contributed by atoms with Crippen molar-refractivity contribution >= 4 is 5.78 Å². The summed E-state index contributed by atoms with van der Waals surface area (Å²) in [5.41, 5.74) is 3.63. The molecule has 0 aromatic rings. The number of Topliss-reactive ketones (excluding diaryl/α,β-unsaturated/α-hetero) is 1. The SMILES string of the molecule is C=C1/C(=C\C=C2/CCC[C@]3(C)[C@@H]([C@H](C)/C=C/CC4(C(=O)CCCCCC)CC4)CC[C@@H]23)C[C@@H](O)C[C@@H]1O. The minimum Gasteiger partial charge on any atom is -0.393 e. The minimum atomic E-state index is -0.625. The highest BCUT2D eigenvalue weighted by atomic mass is 16.3. The number of fused-ring (bicyclic) bond motifs is 1. The molecule has 6 atom stereocenters. The van der Waals surface area contributed by atoms with Crippen molar-refractivity contribution in [2.24, 2.45) is 28.6 Å². The molecule has 206 valence electrons. The summed E-state index contributed by atoms with van der Waals surface area (Å²) in [4.78, 5) is 12.9. The third-order valence-electron chi connectivity index (χ3n) is 10.6. The molecule has 2 N–H and O–H groups in total. The van der Waals surface area contributed by atoms with Gasteiger partial charge >= 0.3 is 0 Å². The number of hydrogen-bond acceptors (Lipinski definition) is 3. The molecule has 0 aliphatic heterocycles. The molecule has 0 spiro atoms. The largest absolute Gasteiger partial charge is 0.393 e. The van der Waals surface area contributed by atoms with E-state index in [9.17, 15) is 15.0 Å². The molecule has 3 heteroatoms. The highest BCUT2D eigenvalue weighted by Crippen LogP contribution is 2.59. The Hall–Kier alpha value is -1.45. The fraction of sp³-hybridized carbons (Fsp3) is 0.735. The van der Waals surface area contributed by atoms with E-state index in [0.29, 0.717) is 41.8 Å². The van der Waals surface area contributed by atoms with E-state index in [-0.39, 0.29) is 5.41 Å². The second-order valence-corrected chi connectivity index (χ2v) is 13.2. The molecule has 37 heavy (non-hydrogen) atoms. The number of unbranched alkanes of at least 4 members (excludes halogenated alkanes) is 3. The standard InChI is InChI=1S/C34H52O3/c1-5-6-7-8-13-32(37)34(20-21-34)19-9-11-24(2)29-16-17-30-26(12-10-18-33(29,30)4)14-15-27-22-28(35)23-31(36)25(27)3/h9,11,14-15,24,28-31,35-36H,3,5-8,10,12-13,16-23H2,1-2,4H3/b11-9+,26-14+,27-15-/t24-,28-,29-,30+,31+,33-/m1/s1. The van der Waals surface area contributed by atoms with Crippen LogP contribution in [-0.4, -0.2) is 28.2 Å². The molecule has 4 saturated carbocycles. The summed E-state index contributed by atoms with van der Waals surface area (Å²) in [6, 6.07) is 0. The van der Waals surface area contributed by atoms with E-state index in [1.54, 1.807) is 5.57 Å². The maximum atomic E-state index is 12.9. The third kappa shape index (κ3) is 6.41. The van der Waals surface area contributed by atoms with Crippen molar-refractivity contribution in [1.29, 1.82) is 0 Å². The normalized spacial score (nSPS) is 36.3. The molecule has 4 rings (SSSR count). The van der Waals surface area contributed by atoms with E-state index in [1.807, 2.05) is 0 Å². The predicted molar refractivity (Wildman–Crippen MR) is 153 cm³/mol. The third-order valence-corrected chi connectivity index (χ3v) is 10.6. The number of hydrogen-bond donors (Lipinski definition) is 2. The Morgan fingerprint density at radius 1 is 1.14 bits per heavy atom. The zero-order valence-electron chi connectivity index (χ0n) is 23.8. The van der Waals surface area contributed by atoms with Crippen LogP contribution in [0.3, 0.4) is 0 Å². The van der Waals surface area contributed by atoms with Crippen LogP contribution in [0.25, 0.3) is 0 Å². The van der Waals surface area contributed by atoms with Crippen molar-refractivity contribution in [2.45, 2.75) is 129 Å². The number of aliphatic hydroxyl groups is 2. The molecule has 0 saturated heterocycles. The van der Waals surface area contributed by atoms with Crippen LogP contribution in [-0.2, 0) is 4.79 Å². The van der Waals surface area contributed by atoms with Crippen LogP contribution in [0.15, 0.2) is 47.6 Å². The van der Waals surface area contributed by atoms with E-state index >= 15 is 0 Å². The molecule has 4 aliphatic rings. The first-order chi connectivity index (χ1) is 17.7. The average molecular weight is 509 g/mol. The zero-order valence-corrected chi connectivity index (χ0v) is 23.8. The van der Waals surface area contributed by atoms with E-state index in [2.05, 4.69) is 51.7 Å². The van der Waals surface area contributed by atoms with E-state index < -0.39 is 12.2 Å². The lowest BCUT2D eigenvalue weighted by Gasteiger charge is -2.44. The van der Waals surface area contributed by atoms with Crippen molar-refractivity contribution in [3.63, 3.8) is 0 Å². The Kier molecular flexibility index (Phi) is 9.39. The summed E-state index contributed by atoms with van der Waals surface area (Å²) in [5, 5.41) is 20.3. The molecule has 0 radical (unpaired) electrons. The van der Waals surface area contributed by atoms with Crippen molar-refractivity contribution in [3.8, 4) is 0 Å². The Balaban J connectivity index is 1.36. The van der Waals surface area contributed by atoms with Gasteiger partial charge in [-0.2, -0.15) is 0 Å². The Bertz CT molecular complexity index is 919. The molecule has 4 aliphatic carbocycles. The molecule has 0 amide bonds. The minimum absolute atomic E-state index is 0.0247. The van der Waals surface area contributed by atoms with E-state index in [4.69, 9.17) is 0 Å². The predicted octanol–water partition coefficient (Wildman–Crippen LogP) is 8.03. The van der Waals surface area contributed by atoms with Gasteiger partial charge in [0.2, 0.25) is 0 Å². The van der Waals surface area contributed by atoms with E-state index in [1.165, 1.54) is 44.9 Å². The smallest absolute Gasteiger partial charge is 0.139 e. The summed E-state index contributed by atoms with van der Waals surface area (Å²) in [5.74, 6) is 2.35. The number of aliphatic hydroxyl groups excluding tert-OH is 2. The Labute approximate surface area is 226 Å². The highest BCUT2D eigenvalue weighted by molar-refractivity contribution is 5.87. The van der Waals surface area contributed by atoms with Crippen LogP contribution in [0, 0.1) is 28.6 Å². The van der Waals surface area contributed by atoms with Gasteiger partial charge in [0.05, 0.1) is 12.2 Å². The first-order valence-electron chi connectivity index (χ1n) is 15.3. The Morgan fingerprint density at radius 2 is 1.92 bits per heavy atom. The van der Waals surface area contributed by atoms with Gasteiger partial charge in [-0.3, -0.25) is 4.79 Å². The summed E-state index contributed by atoms with van der Waals surface area (Å²) >= 11 is 0. The molecule has 0 bridgehead atoms. The van der Waals surface area contributed by atoms with Gasteiger partial charge < -0.3 is 10.2 Å². The van der Waals surface area contributed by atoms with Crippen LogP contribution >= 0.6 is 0 Å². The lowest BCUT2D eigenvalue weighted by atomic mass is 9.61. The van der Waals surface area contributed by atoms with Crippen molar-refractivity contribution in [2.75, 3.05) is 0 Å². The van der Waals surface area contributed by atoms with Crippen molar-refractivity contribution in [3.05, 3.63) is 47.6 Å². The van der Waals surface area contributed by atoms with Gasteiger partial charge in [0.1, 0.15) is 5.78 Å². The summed E-state index contributed by atoms with van der Waals surface area (Å²) < 4.78 is 0. The quantitative estimate of drug-likeness (QED) is 0.219. The first-order valence-corrected chi connectivity index (χ1v) is 15.3. The monoisotopic (exact) mass is 508 g/mol. The zero-order chi connectivity index (χ0) is 26.6. The summed E-state index contributed by atoms with van der Waals surface area (Å²) in [7, 11) is 0. The lowest BCUT2D eigenvalue weighted by molar-refractivity contribution is -0.124. The number of allylic oxidation sites excluding steroid dienone is 5. The van der Waals surface area contributed by atoms with Crippen LogP contribution in [0.5, 0.6) is 0 Å². The van der Waals surface area contributed by atoms with E-state index in [0.717, 1.165) is 49.7 Å². The molecule has 0 heterocycles. The van der Waals surface area contributed by atoms with Gasteiger partial charge in [-0.15, -0.1) is 0 Å². The number of ketones is 1. The number of rotatable bonds is 11. The van der Waals surface area contributed by atoms with Crippen LogP contribution < -0.4 is 0 Å². The van der Waals surface area contributed by atoms with Crippen molar-refractivity contribution < 1.29 is 15.0 Å². The Morgan fingerprint density at radius 3 is 2.65 bits per heavy atom. The second-order valence-electron chi connectivity index (χ2n) is 13.2. The fourth-order valence-corrected chi connectivity index (χ4v) is 7.98. The van der Waals surface area contributed by atoms with Gasteiger partial charge in [-0.25, -0.2) is 0 Å². The summed E-state index contributed by atoms with van der Waals surface area (Å²) in [6.07, 6.45) is 24.0. The van der Waals surface area contributed by atoms with Crippen LogP contribution in [0.2, 0.25) is 0 Å². The topological polar surface area (TPSA) is 57.5 Å². The fourth-order valence-electron chi connectivity index (χ4n) is 7.98. The molecule has 0 aromatic heterocycles. The number of carbonyl (C=O) groups is 1. The lowest BCUT2D eigenvalue weighted by Crippen LogP contribution is -2.35. The van der Waals surface area contributed by atoms with Crippen LogP contribution in [0.1, 0.15) is 117 Å². The molecule has 0 unspecified atom stereocenters. The number of carbonyl (C=O) groups excluding carboxylic acids is 1. The molecule has 0 aromatic carbocycles.